The first-order valence-electron chi connectivity index (χ1n) is 9.06. The predicted molar refractivity (Wildman–Crippen MR) is 98.0 cm³/mol. The fourth-order valence-corrected chi connectivity index (χ4v) is 3.31. The molecule has 1 aliphatic carbocycles. The normalized spacial score (nSPS) is 22.8. The molecule has 1 fully saturated rings. The number of hydrogen-bond acceptors (Lipinski definition) is 5. The Balaban J connectivity index is 1.42. The summed E-state index contributed by atoms with van der Waals surface area (Å²) in [6, 6.07) is 19.9. The predicted octanol–water partition coefficient (Wildman–Crippen LogP) is 3.94. The molecular formula is C22H22O5. The van der Waals surface area contributed by atoms with Crippen molar-refractivity contribution >= 4 is 5.97 Å². The monoisotopic (exact) mass is 366 g/mol. The molecule has 2 aliphatic rings. The molecule has 0 radical (unpaired) electrons. The molecule has 2 atom stereocenters. The summed E-state index contributed by atoms with van der Waals surface area (Å²) in [4.78, 5) is 11.4. The van der Waals surface area contributed by atoms with Crippen molar-refractivity contribution in [3.05, 3.63) is 83.3 Å². The van der Waals surface area contributed by atoms with Gasteiger partial charge in [-0.3, -0.25) is 4.79 Å². The molecule has 5 heteroatoms. The highest BCUT2D eigenvalue weighted by molar-refractivity contribution is 5.67. The summed E-state index contributed by atoms with van der Waals surface area (Å²) in [5.41, 5.74) is 2.16. The third-order valence-electron chi connectivity index (χ3n) is 4.65. The highest BCUT2D eigenvalue weighted by Gasteiger charge is 2.69. The number of ether oxygens (including phenoxy) is 4. The molecule has 0 N–H and O–H groups in total. The minimum absolute atomic E-state index is 0.0552. The van der Waals surface area contributed by atoms with E-state index < -0.39 is 5.79 Å². The van der Waals surface area contributed by atoms with Crippen molar-refractivity contribution in [1.29, 1.82) is 0 Å². The van der Waals surface area contributed by atoms with Crippen LogP contribution in [0, 0.1) is 5.92 Å². The fourth-order valence-electron chi connectivity index (χ4n) is 3.31. The van der Waals surface area contributed by atoms with E-state index in [1.54, 1.807) is 0 Å². The van der Waals surface area contributed by atoms with Crippen molar-refractivity contribution in [3.8, 4) is 0 Å². The van der Waals surface area contributed by atoms with Gasteiger partial charge in [-0.25, -0.2) is 0 Å². The molecule has 2 aromatic carbocycles. The lowest BCUT2D eigenvalue weighted by atomic mass is 10.2. The first kappa shape index (κ1) is 17.6. The van der Waals surface area contributed by atoms with Crippen molar-refractivity contribution in [2.75, 3.05) is 6.61 Å². The Hall–Kier alpha value is -2.79. The standard InChI is InChI=1S/C22H22O5/c1-16(23)26-22-12-19(22)21(25-14-18-10-6-3-7-11-18)20(27-22)15-24-13-17-8-4-2-5-9-17/h2-11,19H,12-15H2,1H3/t19?,22-/m1/s1. The van der Waals surface area contributed by atoms with Crippen LogP contribution in [0.3, 0.4) is 0 Å². The van der Waals surface area contributed by atoms with Crippen LogP contribution < -0.4 is 0 Å². The molecule has 0 saturated heterocycles. The Bertz CT molecular complexity index is 830. The van der Waals surface area contributed by atoms with Crippen LogP contribution in [0.4, 0.5) is 0 Å². The Kier molecular flexibility index (Phi) is 4.86. The van der Waals surface area contributed by atoms with Crippen LogP contribution in [0.15, 0.2) is 72.2 Å². The van der Waals surface area contributed by atoms with Gasteiger partial charge in [0.1, 0.15) is 24.9 Å². The lowest BCUT2D eigenvalue weighted by Crippen LogP contribution is -2.21. The molecular weight excluding hydrogens is 344 g/mol. The summed E-state index contributed by atoms with van der Waals surface area (Å²) in [6.07, 6.45) is 0.624. The summed E-state index contributed by atoms with van der Waals surface area (Å²) in [7, 11) is 0. The van der Waals surface area contributed by atoms with Crippen LogP contribution in [0.2, 0.25) is 0 Å². The summed E-state index contributed by atoms with van der Waals surface area (Å²) in [5.74, 6) is 0.0304. The highest BCUT2D eigenvalue weighted by Crippen LogP contribution is 2.59. The quantitative estimate of drug-likeness (QED) is 0.663. The second-order valence-electron chi connectivity index (χ2n) is 6.80. The van der Waals surface area contributed by atoms with Gasteiger partial charge in [0, 0.05) is 13.3 Å². The maximum absolute atomic E-state index is 11.4. The van der Waals surface area contributed by atoms with E-state index in [1.807, 2.05) is 60.7 Å². The van der Waals surface area contributed by atoms with Gasteiger partial charge in [0.05, 0.1) is 6.61 Å². The van der Waals surface area contributed by atoms with Gasteiger partial charge < -0.3 is 18.9 Å². The number of carbonyl (C=O) groups excluding carboxylic acids is 1. The number of esters is 1. The second kappa shape index (κ2) is 7.45. The topological polar surface area (TPSA) is 54.0 Å². The number of rotatable bonds is 8. The summed E-state index contributed by atoms with van der Waals surface area (Å²) in [5, 5.41) is 0. The van der Waals surface area contributed by atoms with Crippen LogP contribution in [-0.2, 0) is 37.0 Å². The number of carbonyl (C=O) groups is 1. The molecule has 1 heterocycles. The van der Waals surface area contributed by atoms with Crippen molar-refractivity contribution in [3.63, 3.8) is 0 Å². The van der Waals surface area contributed by atoms with Crippen LogP contribution in [0.25, 0.3) is 0 Å². The van der Waals surface area contributed by atoms with E-state index in [4.69, 9.17) is 18.9 Å². The van der Waals surface area contributed by atoms with Gasteiger partial charge in [-0.15, -0.1) is 0 Å². The zero-order valence-electron chi connectivity index (χ0n) is 15.2. The summed E-state index contributed by atoms with van der Waals surface area (Å²) < 4.78 is 23.2. The lowest BCUT2D eigenvalue weighted by molar-refractivity contribution is -0.178. The molecule has 5 nitrogen and oxygen atoms in total. The van der Waals surface area contributed by atoms with Gasteiger partial charge in [0.25, 0.3) is 5.79 Å². The van der Waals surface area contributed by atoms with E-state index in [0.29, 0.717) is 25.4 Å². The Morgan fingerprint density at radius 1 is 1.00 bits per heavy atom. The zero-order valence-corrected chi connectivity index (χ0v) is 15.2. The summed E-state index contributed by atoms with van der Waals surface area (Å²) >= 11 is 0. The molecule has 1 saturated carbocycles. The first-order chi connectivity index (χ1) is 13.2. The zero-order chi connectivity index (χ0) is 18.7. The highest BCUT2D eigenvalue weighted by atomic mass is 16.7. The molecule has 0 bridgehead atoms. The first-order valence-corrected chi connectivity index (χ1v) is 9.06. The molecule has 1 unspecified atom stereocenters. The van der Waals surface area contributed by atoms with Crippen molar-refractivity contribution in [2.45, 2.75) is 32.3 Å². The Morgan fingerprint density at radius 3 is 2.26 bits per heavy atom. The van der Waals surface area contributed by atoms with Crippen molar-refractivity contribution < 1.29 is 23.7 Å². The average Bonchev–Trinajstić information content (AvgIpc) is 3.27. The molecule has 0 spiro atoms. The fraction of sp³-hybridized carbons (Fsp3) is 0.318. The molecule has 4 rings (SSSR count). The molecule has 2 aromatic rings. The summed E-state index contributed by atoms with van der Waals surface area (Å²) in [6.45, 7) is 2.58. The lowest BCUT2D eigenvalue weighted by Gasteiger charge is -2.16. The average molecular weight is 366 g/mol. The van der Waals surface area contributed by atoms with Gasteiger partial charge in [-0.05, 0) is 11.1 Å². The molecule has 0 aromatic heterocycles. The number of fused-ring (bicyclic) bond motifs is 1. The molecule has 1 aliphatic heterocycles. The van der Waals surface area contributed by atoms with Gasteiger partial charge in [-0.2, -0.15) is 0 Å². The van der Waals surface area contributed by atoms with E-state index in [0.717, 1.165) is 16.9 Å². The van der Waals surface area contributed by atoms with E-state index in [9.17, 15) is 4.79 Å². The van der Waals surface area contributed by atoms with E-state index >= 15 is 0 Å². The van der Waals surface area contributed by atoms with Gasteiger partial charge in [-0.1, -0.05) is 60.7 Å². The van der Waals surface area contributed by atoms with Crippen molar-refractivity contribution in [1.82, 2.24) is 0 Å². The Labute approximate surface area is 158 Å². The minimum atomic E-state index is -0.900. The molecule has 0 amide bonds. The van der Waals surface area contributed by atoms with E-state index in [1.165, 1.54) is 6.92 Å². The number of hydrogen-bond donors (Lipinski definition) is 0. The maximum atomic E-state index is 11.4. The third-order valence-corrected chi connectivity index (χ3v) is 4.65. The van der Waals surface area contributed by atoms with Crippen LogP contribution in [0.1, 0.15) is 24.5 Å². The van der Waals surface area contributed by atoms with Crippen molar-refractivity contribution in [2.24, 2.45) is 5.92 Å². The maximum Gasteiger partial charge on any atom is 0.305 e. The van der Waals surface area contributed by atoms with E-state index in [2.05, 4.69) is 0 Å². The largest absolute Gasteiger partial charge is 0.489 e. The smallest absolute Gasteiger partial charge is 0.305 e. The van der Waals surface area contributed by atoms with Crippen LogP contribution in [-0.4, -0.2) is 18.4 Å². The van der Waals surface area contributed by atoms with Gasteiger partial charge in [0.15, 0.2) is 5.76 Å². The third kappa shape index (κ3) is 3.98. The SMILES string of the molecule is CC(=O)O[C@@]12CC1C(OCc1ccccc1)=C(COCc1ccccc1)O2. The molecule has 140 valence electrons. The Morgan fingerprint density at radius 2 is 1.63 bits per heavy atom. The van der Waals surface area contributed by atoms with E-state index in [-0.39, 0.29) is 18.5 Å². The number of benzene rings is 2. The van der Waals surface area contributed by atoms with Crippen LogP contribution >= 0.6 is 0 Å². The minimum Gasteiger partial charge on any atom is -0.489 e. The van der Waals surface area contributed by atoms with Gasteiger partial charge in [0.2, 0.25) is 0 Å². The molecule has 27 heavy (non-hydrogen) atoms. The van der Waals surface area contributed by atoms with Crippen LogP contribution in [0.5, 0.6) is 0 Å². The second-order valence-corrected chi connectivity index (χ2v) is 6.80. The van der Waals surface area contributed by atoms with Gasteiger partial charge >= 0.3 is 5.97 Å².